The fourth-order valence-corrected chi connectivity index (χ4v) is 5.58. The Kier molecular flexibility index (Phi) is 3.54. The molecule has 124 valence electrons. The Hall–Kier alpha value is -1.73. The average Bonchev–Trinajstić information content (AvgIpc) is 3.06. The maximum atomic E-state index is 14.6. The smallest absolute Gasteiger partial charge is 0.188 e. The van der Waals surface area contributed by atoms with Crippen molar-refractivity contribution in [1.29, 1.82) is 0 Å². The molecule has 2 unspecified atom stereocenters. The van der Waals surface area contributed by atoms with Crippen molar-refractivity contribution in [2.45, 2.75) is 22.7 Å². The van der Waals surface area contributed by atoms with Crippen molar-refractivity contribution in [3.63, 3.8) is 0 Å². The highest BCUT2D eigenvalue weighted by Gasteiger charge is 2.45. The second kappa shape index (κ2) is 5.39. The normalized spacial score (nSPS) is 20.5. The summed E-state index contributed by atoms with van der Waals surface area (Å²) in [6.07, 6.45) is -1.68. The topological polar surface area (TPSA) is 49.9 Å². The summed E-state index contributed by atoms with van der Waals surface area (Å²) < 4.78 is 55.3. The van der Waals surface area contributed by atoms with Gasteiger partial charge < -0.3 is 4.98 Å². The Morgan fingerprint density at radius 2 is 1.83 bits per heavy atom. The fraction of sp³-hybridized carbons (Fsp3) is 0.176. The lowest BCUT2D eigenvalue weighted by atomic mass is 10.1. The molecule has 1 heterocycles. The average molecular weight is 412 g/mol. The van der Waals surface area contributed by atoms with Gasteiger partial charge in [0.15, 0.2) is 9.84 Å². The fourth-order valence-electron chi connectivity index (χ4n) is 3.36. The first-order valence-electron chi connectivity index (χ1n) is 7.32. The van der Waals surface area contributed by atoms with Gasteiger partial charge in [0.25, 0.3) is 0 Å². The summed E-state index contributed by atoms with van der Waals surface area (Å²) in [4.78, 5) is 3.00. The molecule has 0 bridgehead atoms. The van der Waals surface area contributed by atoms with Crippen molar-refractivity contribution in [1.82, 2.24) is 4.98 Å². The number of fused-ring (bicyclic) bond motifs is 3. The number of hydrogen-bond donors (Lipinski definition) is 1. The summed E-state index contributed by atoms with van der Waals surface area (Å²) in [6.45, 7) is 0. The van der Waals surface area contributed by atoms with E-state index in [-0.39, 0.29) is 26.7 Å². The number of aromatic nitrogens is 1. The molecule has 1 aromatic heterocycles. The van der Waals surface area contributed by atoms with Crippen LogP contribution in [0.25, 0.3) is 10.9 Å². The van der Waals surface area contributed by atoms with E-state index >= 15 is 0 Å². The second-order valence-electron chi connectivity index (χ2n) is 5.80. The van der Waals surface area contributed by atoms with Crippen molar-refractivity contribution >= 4 is 36.7 Å². The van der Waals surface area contributed by atoms with Crippen LogP contribution in [0.15, 0.2) is 51.8 Å². The Bertz CT molecular complexity index is 1050. The minimum Gasteiger partial charge on any atom is -0.358 e. The maximum absolute atomic E-state index is 14.6. The summed E-state index contributed by atoms with van der Waals surface area (Å²) in [6, 6.07) is 10.9. The zero-order chi connectivity index (χ0) is 17.1. The van der Waals surface area contributed by atoms with E-state index in [2.05, 4.69) is 20.9 Å². The number of halogens is 3. The van der Waals surface area contributed by atoms with Crippen LogP contribution in [-0.4, -0.2) is 19.6 Å². The highest BCUT2D eigenvalue weighted by Crippen LogP contribution is 2.46. The molecule has 1 aliphatic carbocycles. The molecule has 7 heteroatoms. The molecule has 0 spiro atoms. The lowest BCUT2D eigenvalue weighted by Crippen LogP contribution is -2.20. The van der Waals surface area contributed by atoms with Crippen molar-refractivity contribution in [3.8, 4) is 0 Å². The molecule has 4 rings (SSSR count). The molecule has 0 saturated carbocycles. The maximum Gasteiger partial charge on any atom is 0.188 e. The lowest BCUT2D eigenvalue weighted by Gasteiger charge is -2.16. The molecule has 3 aromatic rings. The molecule has 2 atom stereocenters. The SMILES string of the molecule is O=S(=O)(c1ccccc1)C1c2c([nH]c3ccc(Br)c(F)c23)CC1F. The zero-order valence-corrected chi connectivity index (χ0v) is 14.7. The van der Waals surface area contributed by atoms with Crippen LogP contribution in [0, 0.1) is 5.82 Å². The van der Waals surface area contributed by atoms with Crippen molar-refractivity contribution in [2.75, 3.05) is 0 Å². The predicted octanol–water partition coefficient (Wildman–Crippen LogP) is 4.48. The number of hydrogen-bond acceptors (Lipinski definition) is 2. The molecule has 1 N–H and O–H groups in total. The standard InChI is InChI=1S/C17H12BrF2NO2S/c18-10-6-7-12-14(16(10)20)15-13(21-12)8-11(19)17(15)24(22,23)9-4-2-1-3-5-9/h1-7,11,17,21H,8H2. The molecule has 2 aromatic carbocycles. The summed E-state index contributed by atoms with van der Waals surface area (Å²) in [7, 11) is -3.97. The van der Waals surface area contributed by atoms with E-state index in [9.17, 15) is 17.2 Å². The predicted molar refractivity (Wildman–Crippen MR) is 90.9 cm³/mol. The quantitative estimate of drug-likeness (QED) is 0.675. The van der Waals surface area contributed by atoms with Gasteiger partial charge in [-0.2, -0.15) is 0 Å². The van der Waals surface area contributed by atoms with Crippen LogP contribution in [0.2, 0.25) is 0 Å². The highest BCUT2D eigenvalue weighted by molar-refractivity contribution is 9.10. The summed E-state index contributed by atoms with van der Waals surface area (Å²) in [5.41, 5.74) is 1.13. The minimum absolute atomic E-state index is 0.0373. The Morgan fingerprint density at radius 1 is 1.12 bits per heavy atom. The molecule has 0 aliphatic heterocycles. The van der Waals surface area contributed by atoms with E-state index < -0.39 is 27.1 Å². The van der Waals surface area contributed by atoms with Gasteiger partial charge in [0.2, 0.25) is 0 Å². The number of H-pyrrole nitrogens is 1. The van der Waals surface area contributed by atoms with E-state index in [1.807, 2.05) is 0 Å². The molecular weight excluding hydrogens is 400 g/mol. The minimum atomic E-state index is -3.97. The van der Waals surface area contributed by atoms with Gasteiger partial charge in [0, 0.05) is 28.6 Å². The summed E-state index contributed by atoms with van der Waals surface area (Å²) in [5, 5.41) is -1.27. The first-order valence-corrected chi connectivity index (χ1v) is 9.66. The van der Waals surface area contributed by atoms with E-state index in [1.165, 1.54) is 18.2 Å². The summed E-state index contributed by atoms with van der Waals surface area (Å²) in [5.74, 6) is -0.577. The number of nitrogens with one attached hydrogen (secondary N) is 1. The van der Waals surface area contributed by atoms with Crippen LogP contribution >= 0.6 is 15.9 Å². The van der Waals surface area contributed by atoms with Crippen molar-refractivity contribution in [3.05, 3.63) is 64.0 Å². The molecule has 1 aliphatic rings. The first kappa shape index (κ1) is 15.8. The van der Waals surface area contributed by atoms with Gasteiger partial charge >= 0.3 is 0 Å². The third kappa shape index (κ3) is 2.14. The van der Waals surface area contributed by atoms with E-state index in [1.54, 1.807) is 24.3 Å². The summed E-state index contributed by atoms with van der Waals surface area (Å²) >= 11 is 3.11. The number of aromatic amines is 1. The molecule has 0 saturated heterocycles. The van der Waals surface area contributed by atoms with Crippen LogP contribution in [0.5, 0.6) is 0 Å². The van der Waals surface area contributed by atoms with E-state index in [0.29, 0.717) is 11.2 Å². The number of rotatable bonds is 2. The molecular formula is C17H12BrF2NO2S. The van der Waals surface area contributed by atoms with Crippen LogP contribution in [-0.2, 0) is 16.3 Å². The van der Waals surface area contributed by atoms with Gasteiger partial charge in [-0.25, -0.2) is 17.2 Å². The molecule has 24 heavy (non-hydrogen) atoms. The largest absolute Gasteiger partial charge is 0.358 e. The van der Waals surface area contributed by atoms with Gasteiger partial charge in [-0.1, -0.05) is 18.2 Å². The molecule has 0 amide bonds. The number of sulfone groups is 1. The first-order chi connectivity index (χ1) is 11.4. The van der Waals surface area contributed by atoms with Gasteiger partial charge in [-0.15, -0.1) is 0 Å². The Labute approximate surface area is 145 Å². The van der Waals surface area contributed by atoms with Crippen molar-refractivity contribution in [2.24, 2.45) is 0 Å². The van der Waals surface area contributed by atoms with Crippen LogP contribution < -0.4 is 0 Å². The molecule has 3 nitrogen and oxygen atoms in total. The number of alkyl halides is 1. The van der Waals surface area contributed by atoms with Crippen LogP contribution in [0.4, 0.5) is 8.78 Å². The van der Waals surface area contributed by atoms with Crippen molar-refractivity contribution < 1.29 is 17.2 Å². The van der Waals surface area contributed by atoms with Gasteiger partial charge in [-0.3, -0.25) is 0 Å². The highest BCUT2D eigenvalue weighted by atomic mass is 79.9. The van der Waals surface area contributed by atoms with Gasteiger partial charge in [0.1, 0.15) is 17.2 Å². The monoisotopic (exact) mass is 411 g/mol. The Balaban J connectivity index is 1.99. The van der Waals surface area contributed by atoms with Gasteiger partial charge in [0.05, 0.1) is 9.37 Å². The van der Waals surface area contributed by atoms with E-state index in [4.69, 9.17) is 0 Å². The third-order valence-electron chi connectivity index (χ3n) is 4.39. The van der Waals surface area contributed by atoms with E-state index in [0.717, 1.165) is 0 Å². The molecule has 0 fully saturated rings. The van der Waals surface area contributed by atoms with Crippen LogP contribution in [0.1, 0.15) is 16.5 Å². The zero-order valence-electron chi connectivity index (χ0n) is 12.3. The number of benzene rings is 2. The second-order valence-corrected chi connectivity index (χ2v) is 8.72. The lowest BCUT2D eigenvalue weighted by molar-refractivity contribution is 0.335. The molecule has 0 radical (unpaired) electrons. The van der Waals surface area contributed by atoms with Gasteiger partial charge in [-0.05, 0) is 40.2 Å². The Morgan fingerprint density at radius 3 is 2.54 bits per heavy atom. The van der Waals surface area contributed by atoms with Crippen LogP contribution in [0.3, 0.4) is 0 Å². The third-order valence-corrected chi connectivity index (χ3v) is 7.13.